The van der Waals surface area contributed by atoms with E-state index in [1.807, 2.05) is 24.4 Å². The predicted molar refractivity (Wildman–Crippen MR) is 142 cm³/mol. The van der Waals surface area contributed by atoms with Gasteiger partial charge in [-0.2, -0.15) is 10.4 Å². The van der Waals surface area contributed by atoms with Gasteiger partial charge in [-0.1, -0.05) is 11.3 Å². The third kappa shape index (κ3) is 3.95. The monoisotopic (exact) mass is 527 g/mol. The Morgan fingerprint density at radius 3 is 2.76 bits per heavy atom. The highest BCUT2D eigenvalue weighted by molar-refractivity contribution is 7.18. The molecule has 4 aliphatic rings. The van der Waals surface area contributed by atoms with E-state index in [2.05, 4.69) is 36.9 Å². The zero-order valence-electron chi connectivity index (χ0n) is 20.7. The van der Waals surface area contributed by atoms with Crippen LogP contribution in [0.2, 0.25) is 0 Å². The van der Waals surface area contributed by atoms with Crippen LogP contribution in [-0.2, 0) is 9.53 Å². The standard InChI is InChI=1S/C26H25N9O2S/c1-14(36)30-24-16-5-17(24)11-34(10-16)26-33-32-25(38-26)20-9-28-22(6-21(20)31-18-12-37-13-18)23-3-2-19-4-15(7-27)8-29-35(19)23/h2-4,6,8-9,16-18,24H,5,10-13H2,1H3,(H,28,31)(H,30,36). The van der Waals surface area contributed by atoms with Crippen LogP contribution in [0.3, 0.4) is 0 Å². The van der Waals surface area contributed by atoms with Gasteiger partial charge in [0.15, 0.2) is 5.01 Å². The first kappa shape index (κ1) is 23.1. The second-order valence-corrected chi connectivity index (χ2v) is 11.1. The maximum atomic E-state index is 11.5. The normalized spacial score (nSPS) is 22.4. The molecule has 1 amide bonds. The molecule has 0 spiro atoms. The highest BCUT2D eigenvalue weighted by Crippen LogP contribution is 2.43. The Morgan fingerprint density at radius 1 is 1.18 bits per heavy atom. The number of nitrogens with zero attached hydrogens (tertiary/aromatic N) is 7. The fourth-order valence-corrected chi connectivity index (χ4v) is 6.53. The second-order valence-electron chi connectivity index (χ2n) is 10.2. The summed E-state index contributed by atoms with van der Waals surface area (Å²) in [5, 5.41) is 31.1. The molecule has 1 saturated carbocycles. The summed E-state index contributed by atoms with van der Waals surface area (Å²) in [5.41, 5.74) is 4.76. The largest absolute Gasteiger partial charge is 0.377 e. The van der Waals surface area contributed by atoms with Crippen molar-refractivity contribution in [2.75, 3.05) is 36.5 Å². The predicted octanol–water partition coefficient (Wildman–Crippen LogP) is 2.56. The minimum absolute atomic E-state index is 0.0417. The van der Waals surface area contributed by atoms with Crippen LogP contribution in [0.5, 0.6) is 0 Å². The minimum Gasteiger partial charge on any atom is -0.377 e. The zero-order valence-corrected chi connectivity index (χ0v) is 21.5. The van der Waals surface area contributed by atoms with Gasteiger partial charge in [0.1, 0.15) is 6.07 Å². The van der Waals surface area contributed by atoms with E-state index in [0.29, 0.717) is 30.6 Å². The van der Waals surface area contributed by atoms with Gasteiger partial charge in [-0.15, -0.1) is 10.2 Å². The maximum Gasteiger partial charge on any atom is 0.217 e. The molecule has 2 N–H and O–H groups in total. The molecule has 0 radical (unpaired) electrons. The number of rotatable bonds is 6. The van der Waals surface area contributed by atoms with Crippen molar-refractivity contribution in [3.63, 3.8) is 0 Å². The average molecular weight is 528 g/mol. The molecule has 0 aromatic carbocycles. The van der Waals surface area contributed by atoms with E-state index in [9.17, 15) is 10.1 Å². The zero-order chi connectivity index (χ0) is 25.8. The van der Waals surface area contributed by atoms with Crippen LogP contribution in [0.1, 0.15) is 18.9 Å². The van der Waals surface area contributed by atoms with Gasteiger partial charge < -0.3 is 20.3 Å². The molecule has 7 heterocycles. The Hall–Kier alpha value is -4.08. The van der Waals surface area contributed by atoms with Gasteiger partial charge in [0.2, 0.25) is 11.0 Å². The maximum absolute atomic E-state index is 11.5. The number of amides is 1. The van der Waals surface area contributed by atoms with Gasteiger partial charge >= 0.3 is 0 Å². The van der Waals surface area contributed by atoms with Gasteiger partial charge in [0.25, 0.3) is 0 Å². The van der Waals surface area contributed by atoms with E-state index in [1.165, 1.54) is 0 Å². The molecule has 3 saturated heterocycles. The lowest BCUT2D eigenvalue weighted by Crippen LogP contribution is -2.64. The van der Waals surface area contributed by atoms with Gasteiger partial charge in [-0.3, -0.25) is 9.78 Å². The number of anilines is 2. The van der Waals surface area contributed by atoms with E-state index in [0.717, 1.165) is 57.8 Å². The van der Waals surface area contributed by atoms with Crippen LogP contribution in [0.15, 0.2) is 36.7 Å². The minimum atomic E-state index is 0.0417. The number of hydrogen-bond acceptors (Lipinski definition) is 10. The van der Waals surface area contributed by atoms with Crippen molar-refractivity contribution in [2.24, 2.45) is 11.8 Å². The molecular weight excluding hydrogens is 502 g/mol. The molecule has 4 aromatic rings. The molecule has 2 atom stereocenters. The molecular formula is C26H25N9O2S. The molecule has 1 aliphatic carbocycles. The second kappa shape index (κ2) is 9.04. The number of hydrogen-bond donors (Lipinski definition) is 2. The first-order valence-corrected chi connectivity index (χ1v) is 13.5. The van der Waals surface area contributed by atoms with Gasteiger partial charge in [0, 0.05) is 37.9 Å². The van der Waals surface area contributed by atoms with Crippen LogP contribution in [0, 0.1) is 23.2 Å². The van der Waals surface area contributed by atoms with Crippen LogP contribution in [0.4, 0.5) is 10.8 Å². The highest BCUT2D eigenvalue weighted by atomic mass is 32.1. The lowest BCUT2D eigenvalue weighted by Gasteiger charge is -2.53. The topological polar surface area (TPSA) is 133 Å². The van der Waals surface area contributed by atoms with Gasteiger partial charge in [-0.05, 0) is 42.5 Å². The first-order chi connectivity index (χ1) is 18.6. The Balaban J connectivity index is 1.18. The molecule has 3 aliphatic heterocycles. The Labute approximate surface area is 222 Å². The summed E-state index contributed by atoms with van der Waals surface area (Å²) < 4.78 is 7.18. The van der Waals surface area contributed by atoms with Crippen molar-refractivity contribution in [1.82, 2.24) is 30.1 Å². The van der Waals surface area contributed by atoms with Crippen molar-refractivity contribution >= 4 is 33.6 Å². The number of fused-ring (bicyclic) bond motifs is 3. The van der Waals surface area contributed by atoms with E-state index < -0.39 is 0 Å². The van der Waals surface area contributed by atoms with Crippen LogP contribution < -0.4 is 15.5 Å². The van der Waals surface area contributed by atoms with E-state index in [1.54, 1.807) is 35.0 Å². The van der Waals surface area contributed by atoms with Crippen molar-refractivity contribution in [3.05, 3.63) is 42.2 Å². The summed E-state index contributed by atoms with van der Waals surface area (Å²) in [6.07, 6.45) is 4.55. The van der Waals surface area contributed by atoms with E-state index >= 15 is 0 Å². The molecule has 11 nitrogen and oxygen atoms in total. The summed E-state index contributed by atoms with van der Waals surface area (Å²) in [6, 6.07) is 10.3. The quantitative estimate of drug-likeness (QED) is 0.388. The van der Waals surface area contributed by atoms with Gasteiger partial charge in [-0.25, -0.2) is 4.52 Å². The number of carbonyl (C=O) groups excluding carboxylic acids is 1. The number of piperidine rings is 2. The number of pyridine rings is 1. The average Bonchev–Trinajstić information content (AvgIpc) is 3.56. The number of nitriles is 1. The van der Waals surface area contributed by atoms with Crippen molar-refractivity contribution < 1.29 is 9.53 Å². The van der Waals surface area contributed by atoms with Crippen LogP contribution in [-0.4, -0.2) is 69.1 Å². The molecule has 38 heavy (non-hydrogen) atoms. The van der Waals surface area contributed by atoms with Gasteiger partial charge in [0.05, 0.1) is 53.5 Å². The molecule has 4 fully saturated rings. The smallest absolute Gasteiger partial charge is 0.217 e. The molecule has 2 unspecified atom stereocenters. The Morgan fingerprint density at radius 2 is 2.03 bits per heavy atom. The molecule has 192 valence electrons. The summed E-state index contributed by atoms with van der Waals surface area (Å²) in [6.45, 7) is 4.64. The first-order valence-electron chi connectivity index (χ1n) is 12.6. The van der Waals surface area contributed by atoms with Crippen LogP contribution >= 0.6 is 11.3 Å². The fourth-order valence-electron chi connectivity index (χ4n) is 5.65. The Bertz CT molecular complexity index is 1580. The lowest BCUT2D eigenvalue weighted by atomic mass is 9.66. The fraction of sp³-hybridized carbons (Fsp3) is 0.385. The summed E-state index contributed by atoms with van der Waals surface area (Å²) in [7, 11) is 0. The highest BCUT2D eigenvalue weighted by Gasteiger charge is 2.47. The van der Waals surface area contributed by atoms with Crippen molar-refractivity contribution in [1.29, 1.82) is 5.26 Å². The number of nitrogens with one attached hydrogen (secondary N) is 2. The summed E-state index contributed by atoms with van der Waals surface area (Å²) >= 11 is 1.56. The summed E-state index contributed by atoms with van der Waals surface area (Å²) in [5.74, 6) is 0.952. The SMILES string of the molecule is CC(=O)NC1C2CC1CN(c1nnc(-c3cnc(-c4ccc5cc(C#N)cnn45)cc3NC3COC3)s1)C2. The van der Waals surface area contributed by atoms with Crippen molar-refractivity contribution in [2.45, 2.75) is 25.4 Å². The molecule has 4 aromatic heterocycles. The van der Waals surface area contributed by atoms with Crippen LogP contribution in [0.25, 0.3) is 27.5 Å². The Kier molecular flexibility index (Phi) is 5.49. The lowest BCUT2D eigenvalue weighted by molar-refractivity contribution is -0.122. The van der Waals surface area contributed by atoms with E-state index in [-0.39, 0.29) is 18.0 Å². The number of carbonyl (C=O) groups is 1. The third-order valence-corrected chi connectivity index (χ3v) is 8.63. The third-order valence-electron chi connectivity index (χ3n) is 7.61. The van der Waals surface area contributed by atoms with Crippen molar-refractivity contribution in [3.8, 4) is 28.0 Å². The molecule has 8 rings (SSSR count). The summed E-state index contributed by atoms with van der Waals surface area (Å²) in [4.78, 5) is 18.6. The van der Waals surface area contributed by atoms with E-state index in [4.69, 9.17) is 9.72 Å². The number of aromatic nitrogens is 5. The molecule has 12 heteroatoms. The number of ether oxygens (including phenoxy) is 1. The molecule has 2 bridgehead atoms.